The molecule has 110 valence electrons. The van der Waals surface area contributed by atoms with Gasteiger partial charge in [-0.2, -0.15) is 0 Å². The van der Waals surface area contributed by atoms with Crippen LogP contribution in [0.3, 0.4) is 0 Å². The van der Waals surface area contributed by atoms with Crippen LogP contribution >= 0.6 is 0 Å². The minimum Gasteiger partial charge on any atom is -0.310 e. The maximum absolute atomic E-state index is 13.3. The molecule has 1 aromatic carbocycles. The van der Waals surface area contributed by atoms with Crippen LogP contribution in [-0.2, 0) is 6.54 Å². The van der Waals surface area contributed by atoms with Crippen LogP contribution in [0, 0.1) is 21.8 Å². The Morgan fingerprint density at radius 1 is 1.35 bits per heavy atom. The Kier molecular flexibility index (Phi) is 5.06. The van der Waals surface area contributed by atoms with Crippen LogP contribution in [0.2, 0.25) is 0 Å². The van der Waals surface area contributed by atoms with Crippen molar-refractivity contribution in [1.29, 1.82) is 0 Å². The molecule has 1 aromatic rings. The molecule has 0 heterocycles. The number of hydrogen-bond acceptors (Lipinski definition) is 3. The molecule has 2 rings (SSSR count). The molecule has 1 aliphatic carbocycles. The van der Waals surface area contributed by atoms with Crippen molar-refractivity contribution in [3.05, 3.63) is 39.7 Å². The third-order valence-electron chi connectivity index (χ3n) is 4.14. The minimum absolute atomic E-state index is 0.188. The Morgan fingerprint density at radius 2 is 2.05 bits per heavy atom. The van der Waals surface area contributed by atoms with E-state index in [-0.39, 0.29) is 5.69 Å². The van der Waals surface area contributed by atoms with Crippen molar-refractivity contribution in [3.63, 3.8) is 0 Å². The van der Waals surface area contributed by atoms with Crippen molar-refractivity contribution in [3.8, 4) is 0 Å². The third-order valence-corrected chi connectivity index (χ3v) is 4.14. The van der Waals surface area contributed by atoms with Crippen LogP contribution in [0.5, 0.6) is 0 Å². The number of halogens is 1. The van der Waals surface area contributed by atoms with E-state index in [0.29, 0.717) is 24.1 Å². The molecule has 1 saturated carbocycles. The average molecular weight is 280 g/mol. The van der Waals surface area contributed by atoms with E-state index in [2.05, 4.69) is 12.2 Å². The van der Waals surface area contributed by atoms with Gasteiger partial charge in [-0.1, -0.05) is 19.3 Å². The third kappa shape index (κ3) is 4.00. The van der Waals surface area contributed by atoms with Gasteiger partial charge in [0.25, 0.3) is 5.69 Å². The number of non-ortho nitro benzene ring substituents is 1. The van der Waals surface area contributed by atoms with E-state index < -0.39 is 10.7 Å². The van der Waals surface area contributed by atoms with Crippen molar-refractivity contribution in [2.24, 2.45) is 5.92 Å². The summed E-state index contributed by atoms with van der Waals surface area (Å²) in [5.41, 5.74) is 0.437. The van der Waals surface area contributed by atoms with E-state index >= 15 is 0 Å². The second kappa shape index (κ2) is 6.79. The van der Waals surface area contributed by atoms with E-state index in [0.717, 1.165) is 6.07 Å². The second-order valence-corrected chi connectivity index (χ2v) is 5.64. The Hall–Kier alpha value is -1.49. The highest BCUT2D eigenvalue weighted by Gasteiger charge is 2.19. The molecular formula is C15H21FN2O2. The molecule has 1 atom stereocenters. The van der Waals surface area contributed by atoms with Gasteiger partial charge in [-0.15, -0.1) is 0 Å². The molecule has 0 bridgehead atoms. The molecule has 5 heteroatoms. The summed E-state index contributed by atoms with van der Waals surface area (Å²) in [5, 5.41) is 14.1. The van der Waals surface area contributed by atoms with Gasteiger partial charge in [0.15, 0.2) is 0 Å². The Bertz CT molecular complexity index is 473. The number of nitrogens with zero attached hydrogens (tertiary/aromatic N) is 1. The van der Waals surface area contributed by atoms with Crippen LogP contribution < -0.4 is 5.32 Å². The van der Waals surface area contributed by atoms with Gasteiger partial charge in [-0.25, -0.2) is 4.39 Å². The topological polar surface area (TPSA) is 55.2 Å². The Balaban J connectivity index is 1.94. The molecule has 20 heavy (non-hydrogen) atoms. The molecule has 0 amide bonds. The number of benzene rings is 1. The fourth-order valence-corrected chi connectivity index (χ4v) is 2.92. The van der Waals surface area contributed by atoms with Crippen LogP contribution in [0.15, 0.2) is 18.2 Å². The maximum atomic E-state index is 13.3. The number of hydrogen-bond donors (Lipinski definition) is 1. The molecule has 1 fully saturated rings. The van der Waals surface area contributed by atoms with Crippen molar-refractivity contribution in [2.75, 3.05) is 0 Å². The maximum Gasteiger partial charge on any atom is 0.272 e. The Morgan fingerprint density at radius 3 is 2.70 bits per heavy atom. The number of rotatable bonds is 5. The van der Waals surface area contributed by atoms with Crippen molar-refractivity contribution in [1.82, 2.24) is 5.32 Å². The molecule has 0 aliphatic heterocycles. The molecule has 1 N–H and O–H groups in total. The summed E-state index contributed by atoms with van der Waals surface area (Å²) in [4.78, 5) is 10.2. The normalized spacial score (nSPS) is 17.9. The predicted molar refractivity (Wildman–Crippen MR) is 75.9 cm³/mol. The first-order valence-corrected chi connectivity index (χ1v) is 7.23. The van der Waals surface area contributed by atoms with Gasteiger partial charge in [0.2, 0.25) is 0 Å². The van der Waals surface area contributed by atoms with Crippen LogP contribution in [0.25, 0.3) is 0 Å². The zero-order chi connectivity index (χ0) is 14.5. The summed E-state index contributed by atoms with van der Waals surface area (Å²) < 4.78 is 13.3. The van der Waals surface area contributed by atoms with Crippen LogP contribution in [-0.4, -0.2) is 11.0 Å². The van der Waals surface area contributed by atoms with E-state index in [1.165, 1.54) is 44.2 Å². The lowest BCUT2D eigenvalue weighted by atomic mass is 9.84. The number of nitro groups is 1. The fraction of sp³-hybridized carbons (Fsp3) is 0.600. The lowest BCUT2D eigenvalue weighted by molar-refractivity contribution is -0.385. The zero-order valence-corrected chi connectivity index (χ0v) is 11.8. The first kappa shape index (κ1) is 14.9. The molecule has 0 spiro atoms. The number of nitrogens with one attached hydrogen (secondary N) is 1. The van der Waals surface area contributed by atoms with E-state index in [1.807, 2.05) is 0 Å². The van der Waals surface area contributed by atoms with Crippen molar-refractivity contribution in [2.45, 2.75) is 51.6 Å². The number of nitro benzene ring substituents is 1. The molecule has 0 unspecified atom stereocenters. The largest absolute Gasteiger partial charge is 0.310 e. The van der Waals surface area contributed by atoms with Gasteiger partial charge in [-0.3, -0.25) is 10.1 Å². The van der Waals surface area contributed by atoms with Crippen LogP contribution in [0.1, 0.15) is 44.6 Å². The van der Waals surface area contributed by atoms with E-state index in [4.69, 9.17) is 0 Å². The standard InChI is InChI=1S/C15H21FN2O2/c1-11(13-5-3-2-4-6-13)17-10-12-7-14(16)9-15(8-12)18(19)20/h7-9,11,13,17H,2-6,10H2,1H3/t11-/m1/s1. The molecule has 4 nitrogen and oxygen atoms in total. The summed E-state index contributed by atoms with van der Waals surface area (Å²) in [6, 6.07) is 4.10. The zero-order valence-electron chi connectivity index (χ0n) is 11.8. The van der Waals surface area contributed by atoms with Gasteiger partial charge in [0, 0.05) is 18.7 Å². The van der Waals surface area contributed by atoms with E-state index in [9.17, 15) is 14.5 Å². The highest BCUT2D eigenvalue weighted by atomic mass is 19.1. The van der Waals surface area contributed by atoms with Crippen LogP contribution in [0.4, 0.5) is 10.1 Å². The summed E-state index contributed by atoms with van der Waals surface area (Å²) in [7, 11) is 0. The quantitative estimate of drug-likeness (QED) is 0.659. The smallest absolute Gasteiger partial charge is 0.272 e. The lowest BCUT2D eigenvalue weighted by Crippen LogP contribution is -2.34. The highest BCUT2D eigenvalue weighted by Crippen LogP contribution is 2.26. The summed E-state index contributed by atoms with van der Waals surface area (Å²) in [6.07, 6.45) is 6.35. The molecule has 0 radical (unpaired) electrons. The van der Waals surface area contributed by atoms with Gasteiger partial charge in [0.1, 0.15) is 5.82 Å². The average Bonchev–Trinajstić information content (AvgIpc) is 2.45. The molecule has 0 aromatic heterocycles. The summed E-state index contributed by atoms with van der Waals surface area (Å²) in [5.74, 6) is 0.105. The summed E-state index contributed by atoms with van der Waals surface area (Å²) in [6.45, 7) is 2.61. The molecule has 1 aliphatic rings. The second-order valence-electron chi connectivity index (χ2n) is 5.64. The predicted octanol–water partition coefficient (Wildman–Crippen LogP) is 3.79. The first-order valence-electron chi connectivity index (χ1n) is 7.23. The first-order chi connectivity index (χ1) is 9.56. The van der Waals surface area contributed by atoms with Crippen molar-refractivity contribution < 1.29 is 9.31 Å². The Labute approximate surface area is 118 Å². The molecule has 0 saturated heterocycles. The SMILES string of the molecule is C[C@@H](NCc1cc(F)cc([N+](=O)[O-])c1)C1CCCCC1. The lowest BCUT2D eigenvalue weighted by Gasteiger charge is -2.28. The van der Waals surface area contributed by atoms with Gasteiger partial charge >= 0.3 is 0 Å². The van der Waals surface area contributed by atoms with E-state index in [1.54, 1.807) is 0 Å². The minimum atomic E-state index is -0.558. The van der Waals surface area contributed by atoms with Crippen molar-refractivity contribution >= 4 is 5.69 Å². The highest BCUT2D eigenvalue weighted by molar-refractivity contribution is 5.35. The van der Waals surface area contributed by atoms with Gasteiger partial charge < -0.3 is 5.32 Å². The summed E-state index contributed by atoms with van der Waals surface area (Å²) >= 11 is 0. The molecular weight excluding hydrogens is 259 g/mol. The fourth-order valence-electron chi connectivity index (χ4n) is 2.92. The van der Waals surface area contributed by atoms with Gasteiger partial charge in [-0.05, 0) is 37.3 Å². The monoisotopic (exact) mass is 280 g/mol. The van der Waals surface area contributed by atoms with Gasteiger partial charge in [0.05, 0.1) is 11.0 Å².